The monoisotopic (exact) mass is 381 g/mol. The third kappa shape index (κ3) is 6.08. The van der Waals surface area contributed by atoms with E-state index in [2.05, 4.69) is 46.7 Å². The van der Waals surface area contributed by atoms with Gasteiger partial charge in [-0.05, 0) is 60.9 Å². The summed E-state index contributed by atoms with van der Waals surface area (Å²) in [6.07, 6.45) is 4.77. The number of ether oxygens (including phenoxy) is 2. The number of guanidine groups is 1. The molecule has 0 fully saturated rings. The van der Waals surface area contributed by atoms with Crippen LogP contribution in [0, 0.1) is 0 Å². The molecule has 0 aliphatic heterocycles. The molecule has 5 nitrogen and oxygen atoms in total. The van der Waals surface area contributed by atoms with Gasteiger partial charge in [-0.2, -0.15) is 0 Å². The molecule has 3 N–H and O–H groups in total. The minimum atomic E-state index is 0.456. The second-order valence-electron chi connectivity index (χ2n) is 7.05. The van der Waals surface area contributed by atoms with E-state index < -0.39 is 0 Å². The first-order valence-corrected chi connectivity index (χ1v) is 10.2. The predicted octanol–water partition coefficient (Wildman–Crippen LogP) is 4.05. The number of fused-ring (bicyclic) bond motifs is 1. The van der Waals surface area contributed by atoms with Gasteiger partial charge in [0.2, 0.25) is 0 Å². The molecule has 0 heterocycles. The van der Waals surface area contributed by atoms with Crippen molar-refractivity contribution in [3.63, 3.8) is 0 Å². The van der Waals surface area contributed by atoms with Crippen molar-refractivity contribution in [3.8, 4) is 0 Å². The number of anilines is 1. The molecule has 0 spiro atoms. The second kappa shape index (κ2) is 10.8. The molecule has 5 heteroatoms. The number of rotatable bonds is 9. The highest BCUT2D eigenvalue weighted by molar-refractivity contribution is 5.93. The summed E-state index contributed by atoms with van der Waals surface area (Å²) in [5.74, 6) is 0.456. The molecule has 3 rings (SSSR count). The molecule has 28 heavy (non-hydrogen) atoms. The summed E-state index contributed by atoms with van der Waals surface area (Å²) in [7, 11) is 0. The van der Waals surface area contributed by atoms with Crippen LogP contribution in [-0.4, -0.2) is 25.8 Å². The first-order chi connectivity index (χ1) is 13.8. The Morgan fingerprint density at radius 2 is 1.82 bits per heavy atom. The molecular weight excluding hydrogens is 350 g/mol. The fourth-order valence-corrected chi connectivity index (χ4v) is 3.52. The summed E-state index contributed by atoms with van der Waals surface area (Å²) in [6, 6.07) is 14.7. The molecule has 1 aliphatic rings. The van der Waals surface area contributed by atoms with Gasteiger partial charge in [-0.25, -0.2) is 4.99 Å². The number of hydrogen-bond donors (Lipinski definition) is 2. The van der Waals surface area contributed by atoms with Gasteiger partial charge >= 0.3 is 0 Å². The highest BCUT2D eigenvalue weighted by Crippen LogP contribution is 2.27. The van der Waals surface area contributed by atoms with E-state index in [9.17, 15) is 0 Å². The van der Waals surface area contributed by atoms with Crippen LogP contribution < -0.4 is 11.1 Å². The lowest BCUT2D eigenvalue weighted by Crippen LogP contribution is -2.24. The van der Waals surface area contributed by atoms with Gasteiger partial charge in [-0.3, -0.25) is 0 Å². The summed E-state index contributed by atoms with van der Waals surface area (Å²) in [6.45, 7) is 5.06. The van der Waals surface area contributed by atoms with Gasteiger partial charge in [-0.1, -0.05) is 36.4 Å². The van der Waals surface area contributed by atoms with Crippen molar-refractivity contribution in [3.05, 3.63) is 64.7 Å². The molecule has 1 aliphatic carbocycles. The van der Waals surface area contributed by atoms with Crippen molar-refractivity contribution >= 4 is 11.6 Å². The molecule has 2 aromatic rings. The standard InChI is InChI=1S/C23H31N3O2/c1-2-27-13-14-28-17-19-8-5-7-18(15-19)16-25-23(24)26-22-12-6-10-20-9-3-4-11-21(20)22/h5-8,10,12,15H,2-4,9,11,13-14,16-17H2,1H3,(H3,24,25,26). The normalized spacial score (nSPS) is 14.0. The average Bonchev–Trinajstić information content (AvgIpc) is 2.73. The van der Waals surface area contributed by atoms with Crippen LogP contribution in [0.25, 0.3) is 0 Å². The molecular formula is C23H31N3O2. The Hall–Kier alpha value is -2.37. The number of nitrogens with two attached hydrogens (primary N) is 1. The molecule has 0 radical (unpaired) electrons. The van der Waals surface area contributed by atoms with Crippen molar-refractivity contribution in [1.82, 2.24) is 0 Å². The molecule has 0 saturated heterocycles. The van der Waals surface area contributed by atoms with Crippen molar-refractivity contribution < 1.29 is 9.47 Å². The average molecular weight is 382 g/mol. The van der Waals surface area contributed by atoms with Crippen molar-refractivity contribution in [2.24, 2.45) is 10.7 Å². The second-order valence-corrected chi connectivity index (χ2v) is 7.05. The smallest absolute Gasteiger partial charge is 0.193 e. The SMILES string of the molecule is CCOCCOCc1cccc(CN=C(N)Nc2cccc3c2CCCC3)c1. The highest BCUT2D eigenvalue weighted by Gasteiger charge is 2.13. The van der Waals surface area contributed by atoms with E-state index in [-0.39, 0.29) is 0 Å². The molecule has 0 bridgehead atoms. The van der Waals surface area contributed by atoms with Crippen LogP contribution in [0.4, 0.5) is 5.69 Å². The van der Waals surface area contributed by atoms with Crippen molar-refractivity contribution in [1.29, 1.82) is 0 Å². The minimum Gasteiger partial charge on any atom is -0.379 e. The highest BCUT2D eigenvalue weighted by atomic mass is 16.5. The lowest BCUT2D eigenvalue weighted by Gasteiger charge is -2.19. The van der Waals surface area contributed by atoms with Crippen LogP contribution in [0.15, 0.2) is 47.5 Å². The van der Waals surface area contributed by atoms with Gasteiger partial charge in [0.15, 0.2) is 5.96 Å². The molecule has 0 aromatic heterocycles. The Bertz CT molecular complexity index is 789. The zero-order valence-corrected chi connectivity index (χ0v) is 16.7. The summed E-state index contributed by atoms with van der Waals surface area (Å²) in [5.41, 5.74) is 12.3. The van der Waals surface area contributed by atoms with Crippen molar-refractivity contribution in [2.45, 2.75) is 45.8 Å². The first-order valence-electron chi connectivity index (χ1n) is 10.2. The molecule has 2 aromatic carbocycles. The van der Waals surface area contributed by atoms with Gasteiger partial charge in [0.25, 0.3) is 0 Å². The van der Waals surface area contributed by atoms with Crippen molar-refractivity contribution in [2.75, 3.05) is 25.1 Å². The quantitative estimate of drug-likeness (QED) is 0.391. The Kier molecular flexibility index (Phi) is 7.88. The lowest BCUT2D eigenvalue weighted by molar-refractivity contribution is 0.0453. The zero-order valence-electron chi connectivity index (χ0n) is 16.7. The van der Waals surface area contributed by atoms with Crippen LogP contribution in [-0.2, 0) is 35.5 Å². The maximum absolute atomic E-state index is 6.15. The van der Waals surface area contributed by atoms with E-state index in [1.165, 1.54) is 24.0 Å². The van der Waals surface area contributed by atoms with Crippen LogP contribution in [0.2, 0.25) is 0 Å². The van der Waals surface area contributed by atoms with Crippen LogP contribution in [0.3, 0.4) is 0 Å². The van der Waals surface area contributed by atoms with Gasteiger partial charge in [-0.15, -0.1) is 0 Å². The maximum atomic E-state index is 6.15. The van der Waals surface area contributed by atoms with E-state index in [0.717, 1.165) is 36.3 Å². The van der Waals surface area contributed by atoms with E-state index in [1.807, 2.05) is 13.0 Å². The predicted molar refractivity (Wildman–Crippen MR) is 115 cm³/mol. The first kappa shape index (κ1) is 20.4. The van der Waals surface area contributed by atoms with E-state index in [1.54, 1.807) is 0 Å². The molecule has 0 atom stereocenters. The lowest BCUT2D eigenvalue weighted by atomic mass is 9.90. The molecule has 0 unspecified atom stereocenters. The summed E-state index contributed by atoms with van der Waals surface area (Å²) in [4.78, 5) is 4.52. The third-order valence-corrected chi connectivity index (χ3v) is 4.93. The fourth-order valence-electron chi connectivity index (χ4n) is 3.52. The minimum absolute atomic E-state index is 0.456. The summed E-state index contributed by atoms with van der Waals surface area (Å²) >= 11 is 0. The Balaban J connectivity index is 1.54. The van der Waals surface area contributed by atoms with E-state index in [0.29, 0.717) is 32.3 Å². The Morgan fingerprint density at radius 1 is 1.04 bits per heavy atom. The van der Waals surface area contributed by atoms with Gasteiger partial charge in [0.05, 0.1) is 26.4 Å². The van der Waals surface area contributed by atoms with Gasteiger partial charge < -0.3 is 20.5 Å². The summed E-state index contributed by atoms with van der Waals surface area (Å²) < 4.78 is 10.9. The van der Waals surface area contributed by atoms with Gasteiger partial charge in [0, 0.05) is 12.3 Å². The largest absolute Gasteiger partial charge is 0.379 e. The number of benzene rings is 2. The number of aryl methyl sites for hydroxylation is 1. The van der Waals surface area contributed by atoms with Gasteiger partial charge in [0.1, 0.15) is 0 Å². The van der Waals surface area contributed by atoms with E-state index >= 15 is 0 Å². The molecule has 0 amide bonds. The van der Waals surface area contributed by atoms with Crippen LogP contribution >= 0.6 is 0 Å². The zero-order chi connectivity index (χ0) is 19.6. The maximum Gasteiger partial charge on any atom is 0.193 e. The Labute approximate surface area is 168 Å². The molecule has 150 valence electrons. The van der Waals surface area contributed by atoms with Crippen LogP contribution in [0.1, 0.15) is 42.0 Å². The van der Waals surface area contributed by atoms with Crippen LogP contribution in [0.5, 0.6) is 0 Å². The third-order valence-electron chi connectivity index (χ3n) is 4.93. The van der Waals surface area contributed by atoms with E-state index in [4.69, 9.17) is 15.2 Å². The molecule has 0 saturated carbocycles. The number of aliphatic imine (C=N–C) groups is 1. The number of hydrogen-bond acceptors (Lipinski definition) is 3. The number of nitrogens with one attached hydrogen (secondary N) is 1. The summed E-state index contributed by atoms with van der Waals surface area (Å²) in [5, 5.41) is 3.30. The fraction of sp³-hybridized carbons (Fsp3) is 0.435. The number of nitrogens with zero attached hydrogens (tertiary/aromatic N) is 1. The topological polar surface area (TPSA) is 68.9 Å². The Morgan fingerprint density at radius 3 is 2.71 bits per heavy atom.